The lowest BCUT2D eigenvalue weighted by Crippen LogP contribution is -2.50. The lowest BCUT2D eigenvalue weighted by Gasteiger charge is -2.38. The molecule has 44 heavy (non-hydrogen) atoms. The molecule has 0 amide bonds. The maximum Gasteiger partial charge on any atom is 0.418 e. The van der Waals surface area contributed by atoms with E-state index in [1.54, 1.807) is 25.9 Å². The van der Waals surface area contributed by atoms with E-state index in [-0.39, 0.29) is 5.41 Å². The van der Waals surface area contributed by atoms with Gasteiger partial charge in [0.05, 0.1) is 16.9 Å². The highest BCUT2D eigenvalue weighted by Crippen LogP contribution is 2.55. The molecule has 2 aromatic carbocycles. The van der Waals surface area contributed by atoms with Gasteiger partial charge in [0.1, 0.15) is 11.0 Å². The second-order valence-corrected chi connectivity index (χ2v) is 14.8. The van der Waals surface area contributed by atoms with Crippen LogP contribution in [0.15, 0.2) is 79.0 Å². The zero-order valence-corrected chi connectivity index (χ0v) is 27.6. The maximum absolute atomic E-state index is 14.3. The molecule has 7 heteroatoms. The molecule has 1 aliphatic carbocycles. The second-order valence-electron chi connectivity index (χ2n) is 14.8. The van der Waals surface area contributed by atoms with Gasteiger partial charge >= 0.3 is 13.6 Å². The summed E-state index contributed by atoms with van der Waals surface area (Å²) < 4.78 is 13.8. The molecule has 0 saturated heterocycles. The second kappa shape index (κ2) is 10.7. The molecule has 4 aromatic rings. The van der Waals surface area contributed by atoms with Crippen LogP contribution in [0.3, 0.4) is 0 Å². The van der Waals surface area contributed by atoms with Gasteiger partial charge in [-0.25, -0.2) is 4.79 Å². The summed E-state index contributed by atoms with van der Waals surface area (Å²) in [6.07, 6.45) is 1.34. The molecule has 0 unspecified atom stereocenters. The Kier molecular flexibility index (Phi) is 7.75. The van der Waals surface area contributed by atoms with Gasteiger partial charge in [0.2, 0.25) is 0 Å². The molecule has 0 aliphatic heterocycles. The van der Waals surface area contributed by atoms with Crippen LogP contribution in [0.2, 0.25) is 0 Å². The van der Waals surface area contributed by atoms with E-state index in [4.69, 9.17) is 14.4 Å². The lowest BCUT2D eigenvalue weighted by atomic mass is 9.71. The van der Waals surface area contributed by atoms with Crippen LogP contribution in [0.1, 0.15) is 97.3 Å². The number of carbonyl (C=O) groups excluding carboxylic acids is 1. The molecule has 1 N–H and O–H groups in total. The van der Waals surface area contributed by atoms with Gasteiger partial charge in [-0.2, -0.15) is 0 Å². The first-order valence-electron chi connectivity index (χ1n) is 15.2. The van der Waals surface area contributed by atoms with Crippen LogP contribution in [0.5, 0.6) is 0 Å². The van der Waals surface area contributed by atoms with Crippen molar-refractivity contribution in [1.29, 1.82) is 0 Å². The molecule has 0 fully saturated rings. The van der Waals surface area contributed by atoms with Crippen molar-refractivity contribution in [2.75, 3.05) is 0 Å². The van der Waals surface area contributed by atoms with E-state index in [9.17, 15) is 9.90 Å². The van der Waals surface area contributed by atoms with Gasteiger partial charge in [-0.1, -0.05) is 69.3 Å². The molecule has 2 heterocycles. The molecule has 1 aliphatic rings. The fourth-order valence-electron chi connectivity index (χ4n) is 5.72. The predicted molar refractivity (Wildman–Crippen MR) is 177 cm³/mol. The van der Waals surface area contributed by atoms with Crippen LogP contribution in [0, 0.1) is 0 Å². The Bertz CT molecular complexity index is 1650. The number of pyridine rings is 1. The molecular formula is C37H44BN2O4. The standard InChI is InChI=1S/C37H44BN2O4/c1-33(2,3)24-21-22-39-29(23-24)37(27-17-13-11-15-25(27)26-16-12-14-18-28(26)37)30-19-20-31(38-44-36(9,10)35(7,8)42)40(30)32(41)43-34(4,5)6/h11-23,42H,1-10H3. The number of nitrogens with zero attached hydrogens (tertiary/aromatic N) is 2. The molecule has 229 valence electrons. The van der Waals surface area contributed by atoms with Gasteiger partial charge in [0.25, 0.3) is 0 Å². The van der Waals surface area contributed by atoms with Crippen LogP contribution < -0.4 is 5.59 Å². The summed E-state index contributed by atoms with van der Waals surface area (Å²) in [6, 6.07) is 24.8. The van der Waals surface area contributed by atoms with Gasteiger partial charge < -0.3 is 14.5 Å². The largest absolute Gasteiger partial charge is 0.443 e. The van der Waals surface area contributed by atoms with Gasteiger partial charge in [-0.05, 0) is 106 Å². The SMILES string of the molecule is CC(C)(C)OC(=O)n1c([B]OC(C)(C)C(C)(C)O)ccc1C1(c2cc(C(C)(C)C)ccn2)c2ccccc2-c2ccccc21. The summed E-state index contributed by atoms with van der Waals surface area (Å²) in [7, 11) is 1.55. The number of rotatable bonds is 6. The number of aliphatic hydroxyl groups is 1. The van der Waals surface area contributed by atoms with E-state index >= 15 is 0 Å². The van der Waals surface area contributed by atoms with Gasteiger partial charge in [-0.15, -0.1) is 0 Å². The number of hydrogen-bond acceptors (Lipinski definition) is 5. The third-order valence-corrected chi connectivity index (χ3v) is 8.78. The minimum atomic E-state index is -1.14. The Balaban J connectivity index is 1.85. The monoisotopic (exact) mass is 591 g/mol. The van der Waals surface area contributed by atoms with Crippen LogP contribution in [0.4, 0.5) is 4.79 Å². The van der Waals surface area contributed by atoms with Crippen LogP contribution in [0.25, 0.3) is 11.1 Å². The Morgan fingerprint density at radius 3 is 1.91 bits per heavy atom. The molecule has 5 rings (SSSR count). The Morgan fingerprint density at radius 2 is 1.39 bits per heavy atom. The predicted octanol–water partition coefficient (Wildman–Crippen LogP) is 7.14. The van der Waals surface area contributed by atoms with Crippen molar-refractivity contribution in [3.63, 3.8) is 0 Å². The summed E-state index contributed by atoms with van der Waals surface area (Å²) in [5, 5.41) is 10.8. The summed E-state index contributed by atoms with van der Waals surface area (Å²) in [5.41, 5.74) is 3.50. The fourth-order valence-corrected chi connectivity index (χ4v) is 5.72. The zero-order valence-electron chi connectivity index (χ0n) is 27.6. The molecule has 0 spiro atoms. The molecule has 0 atom stereocenters. The van der Waals surface area contributed by atoms with Crippen molar-refractivity contribution < 1.29 is 19.3 Å². The van der Waals surface area contributed by atoms with E-state index in [0.29, 0.717) is 11.3 Å². The number of fused-ring (bicyclic) bond motifs is 3. The highest BCUT2D eigenvalue weighted by Gasteiger charge is 2.50. The van der Waals surface area contributed by atoms with Crippen molar-refractivity contribution in [1.82, 2.24) is 9.55 Å². The molecule has 2 aromatic heterocycles. The van der Waals surface area contributed by atoms with E-state index < -0.39 is 28.3 Å². The zero-order chi connectivity index (χ0) is 32.3. The van der Waals surface area contributed by atoms with Gasteiger partial charge in [-0.3, -0.25) is 9.55 Å². The minimum absolute atomic E-state index is 0.126. The Labute approximate surface area is 262 Å². The maximum atomic E-state index is 14.3. The minimum Gasteiger partial charge on any atom is -0.443 e. The van der Waals surface area contributed by atoms with E-state index in [1.807, 2.05) is 77.2 Å². The average Bonchev–Trinajstić information content (AvgIpc) is 3.48. The highest BCUT2D eigenvalue weighted by atomic mass is 16.6. The average molecular weight is 592 g/mol. The first kappa shape index (κ1) is 31.7. The third kappa shape index (κ3) is 5.41. The summed E-state index contributed by atoms with van der Waals surface area (Å²) in [4.78, 5) is 19.3. The lowest BCUT2D eigenvalue weighted by molar-refractivity contribution is -0.0894. The van der Waals surface area contributed by atoms with E-state index in [1.165, 1.54) is 0 Å². The van der Waals surface area contributed by atoms with Crippen molar-refractivity contribution >= 4 is 19.2 Å². The quantitative estimate of drug-likeness (QED) is 0.213. The first-order chi connectivity index (χ1) is 20.4. The summed E-state index contributed by atoms with van der Waals surface area (Å²) >= 11 is 0. The molecular weight excluding hydrogens is 547 g/mol. The van der Waals surface area contributed by atoms with E-state index in [2.05, 4.69) is 57.2 Å². The molecule has 6 nitrogen and oxygen atoms in total. The van der Waals surface area contributed by atoms with Gasteiger partial charge in [0, 0.05) is 17.5 Å². The van der Waals surface area contributed by atoms with Gasteiger partial charge in [0.15, 0.2) is 0 Å². The third-order valence-electron chi connectivity index (χ3n) is 8.78. The van der Waals surface area contributed by atoms with Crippen LogP contribution in [-0.2, 0) is 20.2 Å². The number of ether oxygens (including phenoxy) is 1. The van der Waals surface area contributed by atoms with Crippen molar-refractivity contribution in [3.05, 3.63) is 107 Å². The first-order valence-corrected chi connectivity index (χ1v) is 15.2. The number of aromatic nitrogens is 2. The molecule has 0 bridgehead atoms. The van der Waals surface area contributed by atoms with Crippen LogP contribution in [-0.4, -0.2) is 45.0 Å². The Hall–Kier alpha value is -3.68. The highest BCUT2D eigenvalue weighted by molar-refractivity contribution is 6.46. The van der Waals surface area contributed by atoms with E-state index in [0.717, 1.165) is 33.5 Å². The van der Waals surface area contributed by atoms with Crippen LogP contribution >= 0.6 is 0 Å². The molecule has 1 radical (unpaired) electrons. The van der Waals surface area contributed by atoms with Crippen molar-refractivity contribution in [3.8, 4) is 11.1 Å². The Morgan fingerprint density at radius 1 is 0.818 bits per heavy atom. The number of hydrogen-bond donors (Lipinski definition) is 1. The van der Waals surface area contributed by atoms with Crippen molar-refractivity contribution in [2.24, 2.45) is 0 Å². The fraction of sp³-hybridized carbons (Fsp3) is 0.405. The smallest absolute Gasteiger partial charge is 0.418 e. The van der Waals surface area contributed by atoms with Crippen molar-refractivity contribution in [2.45, 2.75) is 96.9 Å². The summed E-state index contributed by atoms with van der Waals surface area (Å²) in [6.45, 7) is 19.2. The normalized spacial score (nSPS) is 14.6. The number of benzene rings is 2. The number of carbonyl (C=O) groups is 1. The summed E-state index contributed by atoms with van der Waals surface area (Å²) in [5.74, 6) is 0. The molecule has 0 saturated carbocycles. The topological polar surface area (TPSA) is 73.6 Å².